The first-order valence-electron chi connectivity index (χ1n) is 5.18. The van der Waals surface area contributed by atoms with E-state index >= 15 is 0 Å². The number of hydrogen-bond acceptors (Lipinski definition) is 3. The van der Waals surface area contributed by atoms with Gasteiger partial charge in [-0.15, -0.1) is 0 Å². The number of benzene rings is 1. The Labute approximate surface area is 98.4 Å². The van der Waals surface area contributed by atoms with Gasteiger partial charge in [0.1, 0.15) is 0 Å². The molecule has 0 aliphatic rings. The number of aryl methyl sites for hydroxylation is 1. The van der Waals surface area contributed by atoms with Crippen LogP contribution in [0.25, 0.3) is 11.3 Å². The van der Waals surface area contributed by atoms with Crippen LogP contribution in [0.1, 0.15) is 18.2 Å². The summed E-state index contributed by atoms with van der Waals surface area (Å²) in [5, 5.41) is 9.91. The summed E-state index contributed by atoms with van der Waals surface area (Å²) >= 11 is 0. The Morgan fingerprint density at radius 1 is 1.35 bits per heavy atom. The van der Waals surface area contributed by atoms with E-state index in [0.717, 1.165) is 10.1 Å². The molecule has 4 heteroatoms. The van der Waals surface area contributed by atoms with Gasteiger partial charge in [-0.2, -0.15) is 0 Å². The number of allylic oxidation sites excluding steroid dienone is 1. The van der Waals surface area contributed by atoms with Gasteiger partial charge in [0, 0.05) is 0 Å². The maximum absolute atomic E-state index is 11.6. The quantitative estimate of drug-likeness (QED) is 0.863. The highest BCUT2D eigenvalue weighted by Gasteiger charge is 2.17. The lowest BCUT2D eigenvalue weighted by molar-refractivity contribution is 0.435. The second kappa shape index (κ2) is 3.97. The highest BCUT2D eigenvalue weighted by molar-refractivity contribution is 5.61. The molecule has 0 atom stereocenters. The van der Waals surface area contributed by atoms with Crippen molar-refractivity contribution in [2.75, 3.05) is 0 Å². The molecule has 0 spiro atoms. The smallest absolute Gasteiger partial charge is 0.427 e. The van der Waals surface area contributed by atoms with Crippen molar-refractivity contribution < 1.29 is 9.52 Å². The topological polar surface area (TPSA) is 55.4 Å². The number of aromatic hydroxyl groups is 1. The lowest BCUT2D eigenvalue weighted by Crippen LogP contribution is -2.11. The van der Waals surface area contributed by atoms with Gasteiger partial charge in [0.25, 0.3) is 0 Å². The second-order valence-corrected chi connectivity index (χ2v) is 3.97. The molecule has 1 aromatic carbocycles. The SMILES string of the molecule is C=C(C)c1oc(=O)n(-c2ccc(C)cc2)c1O. The number of rotatable bonds is 2. The van der Waals surface area contributed by atoms with Gasteiger partial charge in [0.05, 0.1) is 5.69 Å². The van der Waals surface area contributed by atoms with Gasteiger partial charge >= 0.3 is 5.76 Å². The minimum atomic E-state index is -0.621. The van der Waals surface area contributed by atoms with Crippen LogP contribution in [0.15, 0.2) is 40.1 Å². The first-order valence-corrected chi connectivity index (χ1v) is 5.18. The van der Waals surface area contributed by atoms with E-state index in [1.165, 1.54) is 0 Å². The zero-order valence-electron chi connectivity index (χ0n) is 9.73. The van der Waals surface area contributed by atoms with Crippen LogP contribution >= 0.6 is 0 Å². The molecule has 17 heavy (non-hydrogen) atoms. The molecule has 1 N–H and O–H groups in total. The van der Waals surface area contributed by atoms with E-state index in [1.807, 2.05) is 19.1 Å². The molecule has 2 rings (SSSR count). The van der Waals surface area contributed by atoms with Gasteiger partial charge in [-0.1, -0.05) is 24.3 Å². The first-order chi connectivity index (χ1) is 8.00. The van der Waals surface area contributed by atoms with Gasteiger partial charge in [-0.3, -0.25) is 0 Å². The van der Waals surface area contributed by atoms with E-state index in [-0.39, 0.29) is 11.6 Å². The van der Waals surface area contributed by atoms with Crippen LogP contribution < -0.4 is 5.76 Å². The summed E-state index contributed by atoms with van der Waals surface area (Å²) in [5.41, 5.74) is 2.14. The molecular formula is C13H13NO3. The Bertz CT molecular complexity index is 617. The molecule has 0 fully saturated rings. The summed E-state index contributed by atoms with van der Waals surface area (Å²) in [4.78, 5) is 11.6. The summed E-state index contributed by atoms with van der Waals surface area (Å²) in [7, 11) is 0. The van der Waals surface area contributed by atoms with E-state index < -0.39 is 5.76 Å². The third kappa shape index (κ3) is 1.89. The van der Waals surface area contributed by atoms with Crippen molar-refractivity contribution in [3.05, 3.63) is 52.7 Å². The average molecular weight is 231 g/mol. The van der Waals surface area contributed by atoms with E-state index in [0.29, 0.717) is 11.3 Å². The summed E-state index contributed by atoms with van der Waals surface area (Å²) in [6, 6.07) is 7.20. The van der Waals surface area contributed by atoms with Crippen molar-refractivity contribution in [3.63, 3.8) is 0 Å². The van der Waals surface area contributed by atoms with Crippen LogP contribution in [0.4, 0.5) is 0 Å². The predicted octanol–water partition coefficient (Wildman–Crippen LogP) is 2.48. The van der Waals surface area contributed by atoms with Crippen molar-refractivity contribution >= 4 is 5.57 Å². The maximum Gasteiger partial charge on any atom is 0.427 e. The molecule has 88 valence electrons. The molecule has 0 aliphatic carbocycles. The van der Waals surface area contributed by atoms with E-state index in [1.54, 1.807) is 19.1 Å². The standard InChI is InChI=1S/C13H13NO3/c1-8(2)11-12(15)14(13(16)17-11)10-6-4-9(3)5-7-10/h4-7,15H,1H2,2-3H3. The average Bonchev–Trinajstić information content (AvgIpc) is 2.56. The molecule has 0 radical (unpaired) electrons. The van der Waals surface area contributed by atoms with E-state index in [2.05, 4.69) is 6.58 Å². The molecule has 1 aromatic heterocycles. The van der Waals surface area contributed by atoms with E-state index in [4.69, 9.17) is 4.42 Å². The molecule has 0 aliphatic heterocycles. The van der Waals surface area contributed by atoms with Crippen molar-refractivity contribution in [2.24, 2.45) is 0 Å². The Kier molecular flexibility index (Phi) is 2.63. The number of oxazole rings is 1. The highest BCUT2D eigenvalue weighted by Crippen LogP contribution is 2.25. The van der Waals surface area contributed by atoms with Gasteiger partial charge in [0.15, 0.2) is 5.76 Å². The summed E-state index contributed by atoms with van der Waals surface area (Å²) < 4.78 is 6.06. The molecule has 0 amide bonds. The second-order valence-electron chi connectivity index (χ2n) is 3.97. The highest BCUT2D eigenvalue weighted by atomic mass is 16.4. The Morgan fingerprint density at radius 3 is 2.41 bits per heavy atom. The fraction of sp³-hybridized carbons (Fsp3) is 0.154. The van der Waals surface area contributed by atoms with Gasteiger partial charge in [-0.25, -0.2) is 9.36 Å². The summed E-state index contributed by atoms with van der Waals surface area (Å²) in [6.07, 6.45) is 0. The third-order valence-electron chi connectivity index (χ3n) is 2.47. The van der Waals surface area contributed by atoms with Gasteiger partial charge < -0.3 is 9.52 Å². The van der Waals surface area contributed by atoms with Crippen molar-refractivity contribution in [3.8, 4) is 11.6 Å². The number of aromatic nitrogens is 1. The van der Waals surface area contributed by atoms with Crippen molar-refractivity contribution in [2.45, 2.75) is 13.8 Å². The van der Waals surface area contributed by atoms with Gasteiger partial charge in [-0.05, 0) is 31.6 Å². The molecule has 0 saturated carbocycles. The molecule has 1 heterocycles. The molecule has 2 aromatic rings. The zero-order chi connectivity index (χ0) is 12.6. The van der Waals surface area contributed by atoms with Crippen LogP contribution in [0, 0.1) is 6.92 Å². The lowest BCUT2D eigenvalue weighted by Gasteiger charge is -2.02. The monoisotopic (exact) mass is 231 g/mol. The Hall–Kier alpha value is -2.23. The van der Waals surface area contributed by atoms with Crippen LogP contribution in [-0.4, -0.2) is 9.67 Å². The fourth-order valence-electron chi connectivity index (χ4n) is 1.57. The van der Waals surface area contributed by atoms with Crippen LogP contribution in [0.3, 0.4) is 0 Å². The molecule has 0 bridgehead atoms. The van der Waals surface area contributed by atoms with Crippen molar-refractivity contribution in [1.29, 1.82) is 0 Å². The van der Waals surface area contributed by atoms with Crippen molar-refractivity contribution in [1.82, 2.24) is 4.57 Å². The lowest BCUT2D eigenvalue weighted by atomic mass is 10.2. The maximum atomic E-state index is 11.6. The minimum absolute atomic E-state index is 0.121. The minimum Gasteiger partial charge on any atom is -0.491 e. The van der Waals surface area contributed by atoms with Crippen LogP contribution in [0.5, 0.6) is 5.88 Å². The molecule has 0 saturated heterocycles. The summed E-state index contributed by atoms with van der Waals surface area (Å²) in [5.74, 6) is -0.716. The molecular weight excluding hydrogens is 218 g/mol. The normalized spacial score (nSPS) is 10.5. The Morgan fingerprint density at radius 2 is 1.94 bits per heavy atom. The zero-order valence-corrected chi connectivity index (χ0v) is 9.73. The number of nitrogens with zero attached hydrogens (tertiary/aromatic N) is 1. The fourth-order valence-corrected chi connectivity index (χ4v) is 1.57. The van der Waals surface area contributed by atoms with Crippen LogP contribution in [-0.2, 0) is 0 Å². The molecule has 0 unspecified atom stereocenters. The molecule has 4 nitrogen and oxygen atoms in total. The third-order valence-corrected chi connectivity index (χ3v) is 2.47. The van der Waals surface area contributed by atoms with E-state index in [9.17, 15) is 9.90 Å². The largest absolute Gasteiger partial charge is 0.491 e. The van der Waals surface area contributed by atoms with Gasteiger partial charge in [0.2, 0.25) is 5.88 Å². The number of hydrogen-bond donors (Lipinski definition) is 1. The predicted molar refractivity (Wildman–Crippen MR) is 65.4 cm³/mol. The van der Waals surface area contributed by atoms with Crippen LogP contribution in [0.2, 0.25) is 0 Å². The Balaban J connectivity index is 2.64. The first kappa shape index (κ1) is 11.3. The summed E-state index contributed by atoms with van der Waals surface area (Å²) in [6.45, 7) is 7.25.